The number of hydrogen-bond acceptors (Lipinski definition) is 2. The summed E-state index contributed by atoms with van der Waals surface area (Å²) in [5, 5.41) is 9.33. The Morgan fingerprint density at radius 2 is 2.40 bits per heavy atom. The van der Waals surface area contributed by atoms with Gasteiger partial charge in [-0.15, -0.1) is 0 Å². The molecular weight excluding hydrogens is 198 g/mol. The first-order valence-corrected chi connectivity index (χ1v) is 3.82. The van der Waals surface area contributed by atoms with Crippen molar-refractivity contribution in [1.82, 2.24) is 4.98 Å². The lowest BCUT2D eigenvalue weighted by Gasteiger charge is -1.93. The predicted molar refractivity (Wildman–Crippen MR) is 41.4 cm³/mol. The van der Waals surface area contributed by atoms with Gasteiger partial charge in [-0.25, -0.2) is 0 Å². The first kappa shape index (κ1) is 7.34. The summed E-state index contributed by atoms with van der Waals surface area (Å²) in [5.41, 5.74) is 0.356. The third-order valence-electron chi connectivity index (χ3n) is 1.11. The zero-order valence-electron chi connectivity index (χ0n) is 5.10. The third-order valence-corrected chi connectivity index (χ3v) is 1.71. The van der Waals surface area contributed by atoms with Crippen LogP contribution in [0.15, 0.2) is 17.1 Å². The maximum absolute atomic E-state index is 10.8. The van der Waals surface area contributed by atoms with Crippen LogP contribution in [0.5, 0.6) is 5.75 Å². The fourth-order valence-electron chi connectivity index (χ4n) is 0.617. The maximum atomic E-state index is 10.8. The van der Waals surface area contributed by atoms with Gasteiger partial charge in [-0.1, -0.05) is 15.9 Å². The topological polar surface area (TPSA) is 53.1 Å². The van der Waals surface area contributed by atoms with E-state index in [1.165, 1.54) is 12.3 Å². The van der Waals surface area contributed by atoms with E-state index in [1.54, 1.807) is 0 Å². The molecule has 1 aromatic rings. The smallest absolute Gasteiger partial charge is 0.252 e. The summed E-state index contributed by atoms with van der Waals surface area (Å²) in [6, 6.07) is 1.42. The molecule has 0 aliphatic heterocycles. The Morgan fingerprint density at radius 1 is 1.70 bits per heavy atom. The van der Waals surface area contributed by atoms with Crippen LogP contribution >= 0.6 is 15.9 Å². The van der Waals surface area contributed by atoms with E-state index in [-0.39, 0.29) is 11.3 Å². The van der Waals surface area contributed by atoms with E-state index in [1.807, 2.05) is 0 Å². The van der Waals surface area contributed by atoms with Gasteiger partial charge in [0.25, 0.3) is 5.56 Å². The van der Waals surface area contributed by atoms with Crippen molar-refractivity contribution in [3.05, 3.63) is 28.2 Å². The summed E-state index contributed by atoms with van der Waals surface area (Å²) in [6.07, 6.45) is 1.26. The van der Waals surface area contributed by atoms with Crippen molar-refractivity contribution in [1.29, 1.82) is 0 Å². The normalized spacial score (nSPS) is 9.70. The van der Waals surface area contributed by atoms with E-state index in [0.717, 1.165) is 0 Å². The highest BCUT2D eigenvalue weighted by Gasteiger charge is 1.96. The lowest BCUT2D eigenvalue weighted by atomic mass is 10.3. The van der Waals surface area contributed by atoms with E-state index in [2.05, 4.69) is 20.9 Å². The fourth-order valence-corrected chi connectivity index (χ4v) is 1.03. The number of hydrogen-bond donors (Lipinski definition) is 2. The highest BCUT2D eigenvalue weighted by Crippen LogP contribution is 2.06. The second kappa shape index (κ2) is 2.88. The Kier molecular flexibility index (Phi) is 2.11. The number of nitrogens with one attached hydrogen (secondary N) is 1. The van der Waals surface area contributed by atoms with Gasteiger partial charge in [0.2, 0.25) is 0 Å². The highest BCUT2D eigenvalue weighted by atomic mass is 79.9. The number of aromatic amines is 1. The number of rotatable bonds is 1. The Hall–Kier alpha value is -0.770. The summed E-state index contributed by atoms with van der Waals surface area (Å²) >= 11 is 3.11. The first-order valence-electron chi connectivity index (χ1n) is 2.70. The number of alkyl halides is 1. The zero-order valence-corrected chi connectivity index (χ0v) is 6.68. The standard InChI is InChI=1S/C6H6BrNO2/c7-2-4-1-5(9)3-8-6(4)10/h1,3,9H,2H2,(H,8,10). The molecule has 3 nitrogen and oxygen atoms in total. The molecule has 0 radical (unpaired) electrons. The molecule has 0 bridgehead atoms. The van der Waals surface area contributed by atoms with Crippen LogP contribution in [-0.4, -0.2) is 10.1 Å². The van der Waals surface area contributed by atoms with Crippen LogP contribution in [0.3, 0.4) is 0 Å². The van der Waals surface area contributed by atoms with Crippen LogP contribution in [-0.2, 0) is 5.33 Å². The van der Waals surface area contributed by atoms with Gasteiger partial charge >= 0.3 is 0 Å². The molecule has 1 rings (SSSR count). The van der Waals surface area contributed by atoms with Gasteiger partial charge in [0.15, 0.2) is 0 Å². The summed E-state index contributed by atoms with van der Waals surface area (Å²) in [7, 11) is 0. The molecule has 54 valence electrons. The number of H-pyrrole nitrogens is 1. The first-order chi connectivity index (χ1) is 4.74. The number of aromatic hydroxyl groups is 1. The van der Waals surface area contributed by atoms with Crippen molar-refractivity contribution in [2.24, 2.45) is 0 Å². The molecule has 2 N–H and O–H groups in total. The molecule has 1 heterocycles. The number of halogens is 1. The van der Waals surface area contributed by atoms with E-state index in [0.29, 0.717) is 10.9 Å². The fraction of sp³-hybridized carbons (Fsp3) is 0.167. The van der Waals surface area contributed by atoms with Crippen molar-refractivity contribution >= 4 is 15.9 Å². The van der Waals surface area contributed by atoms with Crippen molar-refractivity contribution in [2.75, 3.05) is 0 Å². The second-order valence-electron chi connectivity index (χ2n) is 1.85. The quantitative estimate of drug-likeness (QED) is 0.669. The molecule has 1 aromatic heterocycles. The van der Waals surface area contributed by atoms with E-state index >= 15 is 0 Å². The molecule has 0 unspecified atom stereocenters. The molecule has 4 heteroatoms. The number of aromatic nitrogens is 1. The average molecular weight is 204 g/mol. The van der Waals surface area contributed by atoms with Crippen LogP contribution in [0.1, 0.15) is 5.56 Å². The van der Waals surface area contributed by atoms with Crippen molar-refractivity contribution in [3.8, 4) is 5.75 Å². The predicted octanol–water partition coefficient (Wildman–Crippen LogP) is 0.975. The zero-order chi connectivity index (χ0) is 7.56. The van der Waals surface area contributed by atoms with Crippen LogP contribution in [0.2, 0.25) is 0 Å². The molecule has 0 saturated heterocycles. The van der Waals surface area contributed by atoms with Crippen LogP contribution < -0.4 is 5.56 Å². The van der Waals surface area contributed by atoms with Crippen LogP contribution in [0.4, 0.5) is 0 Å². The molecule has 0 fully saturated rings. The summed E-state index contributed by atoms with van der Waals surface area (Å²) in [4.78, 5) is 13.2. The molecule has 0 aliphatic rings. The highest BCUT2D eigenvalue weighted by molar-refractivity contribution is 9.08. The molecule has 0 atom stereocenters. The van der Waals surface area contributed by atoms with E-state index < -0.39 is 0 Å². The summed E-state index contributed by atoms with van der Waals surface area (Å²) in [5.74, 6) is 0.0778. The van der Waals surface area contributed by atoms with Gasteiger partial charge in [-0.2, -0.15) is 0 Å². The SMILES string of the molecule is O=c1[nH]cc(O)cc1CBr. The summed E-state index contributed by atoms with van der Waals surface area (Å²) in [6.45, 7) is 0. The minimum atomic E-state index is -0.172. The largest absolute Gasteiger partial charge is 0.506 e. The maximum Gasteiger partial charge on any atom is 0.252 e. The van der Waals surface area contributed by atoms with Gasteiger partial charge in [-0.3, -0.25) is 4.79 Å². The van der Waals surface area contributed by atoms with Crippen LogP contribution in [0, 0.1) is 0 Å². The number of pyridine rings is 1. The van der Waals surface area contributed by atoms with Gasteiger partial charge in [0.05, 0.1) is 0 Å². The summed E-state index contributed by atoms with van der Waals surface area (Å²) < 4.78 is 0. The Morgan fingerprint density at radius 3 is 2.90 bits per heavy atom. The van der Waals surface area contributed by atoms with Gasteiger partial charge < -0.3 is 10.1 Å². The van der Waals surface area contributed by atoms with E-state index in [4.69, 9.17) is 5.11 Å². The Balaban J connectivity index is 3.22. The Bertz CT molecular complexity index is 281. The molecule has 10 heavy (non-hydrogen) atoms. The molecular formula is C6H6BrNO2. The lowest BCUT2D eigenvalue weighted by molar-refractivity contribution is 0.471. The van der Waals surface area contributed by atoms with E-state index in [9.17, 15) is 4.79 Å². The molecule has 0 amide bonds. The minimum Gasteiger partial charge on any atom is -0.506 e. The second-order valence-corrected chi connectivity index (χ2v) is 2.41. The Labute approximate surface area is 65.8 Å². The minimum absolute atomic E-state index is 0.0778. The van der Waals surface area contributed by atoms with Gasteiger partial charge in [-0.05, 0) is 6.07 Å². The lowest BCUT2D eigenvalue weighted by Crippen LogP contribution is -2.08. The van der Waals surface area contributed by atoms with Crippen LogP contribution in [0.25, 0.3) is 0 Å². The van der Waals surface area contributed by atoms with Gasteiger partial charge in [0, 0.05) is 17.1 Å². The molecule has 0 saturated carbocycles. The average Bonchev–Trinajstić information content (AvgIpc) is 1.94. The molecule has 0 spiro atoms. The van der Waals surface area contributed by atoms with Crippen molar-refractivity contribution < 1.29 is 5.11 Å². The monoisotopic (exact) mass is 203 g/mol. The molecule has 0 aliphatic carbocycles. The van der Waals surface area contributed by atoms with Gasteiger partial charge in [0.1, 0.15) is 5.75 Å². The van der Waals surface area contributed by atoms with Crippen molar-refractivity contribution in [2.45, 2.75) is 5.33 Å². The van der Waals surface area contributed by atoms with Crippen molar-refractivity contribution in [3.63, 3.8) is 0 Å². The molecule has 0 aromatic carbocycles. The third kappa shape index (κ3) is 1.39.